The van der Waals surface area contributed by atoms with Gasteiger partial charge in [0, 0.05) is 12.0 Å². The van der Waals surface area contributed by atoms with Gasteiger partial charge in [0.05, 0.1) is 12.6 Å². The van der Waals surface area contributed by atoms with Gasteiger partial charge >= 0.3 is 0 Å². The van der Waals surface area contributed by atoms with E-state index >= 15 is 0 Å². The molecule has 0 aliphatic carbocycles. The van der Waals surface area contributed by atoms with Crippen LogP contribution in [0.5, 0.6) is 0 Å². The zero-order chi connectivity index (χ0) is 12.3. The van der Waals surface area contributed by atoms with Crippen LogP contribution in [0.4, 0.5) is 0 Å². The van der Waals surface area contributed by atoms with Crippen LogP contribution in [-0.2, 0) is 6.54 Å². The molecule has 2 rings (SSSR count). The van der Waals surface area contributed by atoms with Gasteiger partial charge in [-0.2, -0.15) is 10.4 Å². The Morgan fingerprint density at radius 2 is 2.18 bits per heavy atom. The van der Waals surface area contributed by atoms with Crippen molar-refractivity contribution >= 4 is 0 Å². The molecule has 0 atom stereocenters. The van der Waals surface area contributed by atoms with Crippen molar-refractivity contribution < 1.29 is 0 Å². The lowest BCUT2D eigenvalue weighted by molar-refractivity contribution is 0.189. The molecule has 1 aliphatic heterocycles. The molecule has 1 saturated heterocycles. The van der Waals surface area contributed by atoms with E-state index in [1.807, 2.05) is 4.68 Å². The van der Waals surface area contributed by atoms with Crippen LogP contribution >= 0.6 is 0 Å². The molecular weight excluding hydrogens is 214 g/mol. The van der Waals surface area contributed by atoms with E-state index in [1.54, 1.807) is 6.33 Å². The van der Waals surface area contributed by atoms with Gasteiger partial charge in [0.25, 0.3) is 0 Å². The molecule has 0 amide bonds. The zero-order valence-electron chi connectivity index (χ0n) is 10.5. The first kappa shape index (κ1) is 12.1. The lowest BCUT2D eigenvalue weighted by Crippen LogP contribution is -2.33. The summed E-state index contributed by atoms with van der Waals surface area (Å²) < 4.78 is 1.97. The van der Waals surface area contributed by atoms with Crippen LogP contribution in [0.1, 0.15) is 38.6 Å². The molecule has 0 N–H and O–H groups in total. The lowest BCUT2D eigenvalue weighted by atomic mass is 9.99. The highest BCUT2D eigenvalue weighted by atomic mass is 15.4. The Labute approximate surface area is 102 Å². The zero-order valence-corrected chi connectivity index (χ0v) is 10.5. The van der Waals surface area contributed by atoms with Gasteiger partial charge in [-0.3, -0.25) is 4.90 Å². The highest BCUT2D eigenvalue weighted by Crippen LogP contribution is 2.18. The predicted octanol–water partition coefficient (Wildman–Crippen LogP) is 1.59. The van der Waals surface area contributed by atoms with Crippen molar-refractivity contribution in [2.24, 2.45) is 5.92 Å². The van der Waals surface area contributed by atoms with E-state index in [9.17, 15) is 0 Å². The first-order valence-corrected chi connectivity index (χ1v) is 6.21. The maximum atomic E-state index is 8.86. The Kier molecular flexibility index (Phi) is 3.75. The number of nitriles is 1. The summed E-state index contributed by atoms with van der Waals surface area (Å²) in [6, 6.07) is 2.70. The van der Waals surface area contributed by atoms with E-state index in [4.69, 9.17) is 5.26 Å². The number of piperidine rings is 1. The van der Waals surface area contributed by atoms with Crippen LogP contribution in [0.25, 0.3) is 0 Å². The molecule has 1 aromatic rings. The second kappa shape index (κ2) is 5.28. The second-order valence-corrected chi connectivity index (χ2v) is 4.89. The van der Waals surface area contributed by atoms with Crippen LogP contribution in [0.15, 0.2) is 6.33 Å². The summed E-state index contributed by atoms with van der Waals surface area (Å²) in [4.78, 5) is 6.67. The van der Waals surface area contributed by atoms with Crippen molar-refractivity contribution in [1.29, 1.82) is 5.26 Å². The maximum Gasteiger partial charge on any atom is 0.141 e. The molecule has 0 unspecified atom stereocenters. The third kappa shape index (κ3) is 2.83. The molecule has 0 radical (unpaired) electrons. The van der Waals surface area contributed by atoms with E-state index in [0.29, 0.717) is 6.04 Å². The minimum Gasteiger partial charge on any atom is -0.296 e. The summed E-state index contributed by atoms with van der Waals surface area (Å²) in [7, 11) is 0. The minimum atomic E-state index is 0.245. The third-order valence-electron chi connectivity index (χ3n) is 3.27. The van der Waals surface area contributed by atoms with Crippen molar-refractivity contribution in [3.05, 3.63) is 12.2 Å². The molecule has 5 heteroatoms. The van der Waals surface area contributed by atoms with Crippen LogP contribution in [0, 0.1) is 17.2 Å². The topological polar surface area (TPSA) is 57.7 Å². The van der Waals surface area contributed by atoms with Gasteiger partial charge in [0.1, 0.15) is 12.2 Å². The van der Waals surface area contributed by atoms with Gasteiger partial charge in [-0.05, 0) is 39.8 Å². The van der Waals surface area contributed by atoms with Crippen LogP contribution in [-0.4, -0.2) is 32.8 Å². The summed E-state index contributed by atoms with van der Waals surface area (Å²) in [5.74, 6) is 1.27. The molecule has 0 saturated carbocycles. The summed E-state index contributed by atoms with van der Waals surface area (Å²) in [5, 5.41) is 13.1. The molecule has 0 aromatic carbocycles. The fourth-order valence-corrected chi connectivity index (χ4v) is 2.24. The highest BCUT2D eigenvalue weighted by molar-refractivity contribution is 4.91. The van der Waals surface area contributed by atoms with Gasteiger partial charge < -0.3 is 0 Å². The van der Waals surface area contributed by atoms with Crippen LogP contribution in [0.3, 0.4) is 0 Å². The maximum absolute atomic E-state index is 8.86. The molecular formula is C12H19N5. The Morgan fingerprint density at radius 3 is 2.76 bits per heavy atom. The lowest BCUT2D eigenvalue weighted by Gasteiger charge is -2.28. The standard InChI is InChI=1S/C12H19N5/c1-10(2)17-12(14-9-15-17)8-16-5-3-11(7-13)4-6-16/h9-11H,3-6,8H2,1-2H3. The van der Waals surface area contributed by atoms with Crippen molar-refractivity contribution in [2.45, 2.75) is 39.3 Å². The summed E-state index contributed by atoms with van der Waals surface area (Å²) in [6.07, 6.45) is 3.58. The molecule has 1 aliphatic rings. The van der Waals surface area contributed by atoms with Crippen molar-refractivity contribution in [1.82, 2.24) is 19.7 Å². The molecule has 5 nitrogen and oxygen atoms in total. The summed E-state index contributed by atoms with van der Waals surface area (Å²) in [6.45, 7) is 7.04. The molecule has 2 heterocycles. The average molecular weight is 233 g/mol. The number of hydrogen-bond acceptors (Lipinski definition) is 4. The van der Waals surface area contributed by atoms with Gasteiger partial charge in [-0.25, -0.2) is 9.67 Å². The third-order valence-corrected chi connectivity index (χ3v) is 3.27. The van der Waals surface area contributed by atoms with Crippen molar-refractivity contribution in [3.63, 3.8) is 0 Å². The monoisotopic (exact) mass is 233 g/mol. The Balaban J connectivity index is 1.94. The molecule has 0 bridgehead atoms. The minimum absolute atomic E-state index is 0.245. The fourth-order valence-electron chi connectivity index (χ4n) is 2.24. The van der Waals surface area contributed by atoms with E-state index < -0.39 is 0 Å². The Bertz CT molecular complexity index is 395. The van der Waals surface area contributed by atoms with E-state index in [2.05, 4.69) is 34.9 Å². The van der Waals surface area contributed by atoms with E-state index in [-0.39, 0.29) is 5.92 Å². The number of nitrogens with zero attached hydrogens (tertiary/aromatic N) is 5. The number of likely N-dealkylation sites (tertiary alicyclic amines) is 1. The van der Waals surface area contributed by atoms with Gasteiger partial charge in [-0.15, -0.1) is 0 Å². The molecule has 17 heavy (non-hydrogen) atoms. The highest BCUT2D eigenvalue weighted by Gasteiger charge is 2.20. The molecule has 1 aromatic heterocycles. The SMILES string of the molecule is CC(C)n1ncnc1CN1CCC(C#N)CC1. The predicted molar refractivity (Wildman–Crippen MR) is 64.0 cm³/mol. The number of hydrogen-bond donors (Lipinski definition) is 0. The number of aromatic nitrogens is 3. The molecule has 1 fully saturated rings. The largest absolute Gasteiger partial charge is 0.296 e. The smallest absolute Gasteiger partial charge is 0.141 e. The molecule has 92 valence electrons. The summed E-state index contributed by atoms with van der Waals surface area (Å²) in [5.41, 5.74) is 0. The Morgan fingerprint density at radius 1 is 1.47 bits per heavy atom. The average Bonchev–Trinajstić information content (AvgIpc) is 2.78. The van der Waals surface area contributed by atoms with Crippen LogP contribution < -0.4 is 0 Å². The normalized spacial score (nSPS) is 18.5. The van der Waals surface area contributed by atoms with Crippen molar-refractivity contribution in [2.75, 3.05) is 13.1 Å². The first-order valence-electron chi connectivity index (χ1n) is 6.21. The van der Waals surface area contributed by atoms with Gasteiger partial charge in [0.2, 0.25) is 0 Å². The van der Waals surface area contributed by atoms with Gasteiger partial charge in [-0.1, -0.05) is 0 Å². The van der Waals surface area contributed by atoms with E-state index in [1.165, 1.54) is 0 Å². The molecule has 0 spiro atoms. The van der Waals surface area contributed by atoms with Gasteiger partial charge in [0.15, 0.2) is 0 Å². The quantitative estimate of drug-likeness (QED) is 0.795. The first-order chi connectivity index (χ1) is 8.20. The number of rotatable bonds is 3. The summed E-state index contributed by atoms with van der Waals surface area (Å²) >= 11 is 0. The second-order valence-electron chi connectivity index (χ2n) is 4.89. The van der Waals surface area contributed by atoms with Crippen molar-refractivity contribution in [3.8, 4) is 6.07 Å². The Hall–Kier alpha value is -1.41. The van der Waals surface area contributed by atoms with E-state index in [0.717, 1.165) is 38.3 Å². The fraction of sp³-hybridized carbons (Fsp3) is 0.750. The van der Waals surface area contributed by atoms with Crippen LogP contribution in [0.2, 0.25) is 0 Å².